The van der Waals surface area contributed by atoms with Gasteiger partial charge in [0.1, 0.15) is 16.7 Å². The van der Waals surface area contributed by atoms with Gasteiger partial charge in [-0.2, -0.15) is 21.4 Å². The maximum atomic E-state index is 12.0. The van der Waals surface area contributed by atoms with E-state index in [0.717, 1.165) is 29.8 Å². The molecule has 0 unspecified atom stereocenters. The molecule has 2 aromatic rings. The lowest BCUT2D eigenvalue weighted by atomic mass is 9.81. The molecule has 4 rings (SSSR count). The molecule has 2 aromatic carbocycles. The summed E-state index contributed by atoms with van der Waals surface area (Å²) in [6, 6.07) is 8.60. The van der Waals surface area contributed by atoms with Crippen LogP contribution >= 0.6 is 0 Å². The first-order chi connectivity index (χ1) is 24.6. The van der Waals surface area contributed by atoms with Crippen LogP contribution in [0, 0.1) is 12.3 Å². The van der Waals surface area contributed by atoms with Crippen LogP contribution in [-0.4, -0.2) is 80.5 Å². The van der Waals surface area contributed by atoms with Crippen LogP contribution in [0.15, 0.2) is 82.3 Å². The topological polar surface area (TPSA) is 201 Å². The summed E-state index contributed by atoms with van der Waals surface area (Å²) in [5.41, 5.74) is 2.84. The summed E-state index contributed by atoms with van der Waals surface area (Å²) in [7, 11) is -13.4. The summed E-state index contributed by atoms with van der Waals surface area (Å²) < 4.78 is 103. The Hall–Kier alpha value is -4.11. The Balaban J connectivity index is 1.64. The minimum Gasteiger partial charge on any atom is -0.744 e. The van der Waals surface area contributed by atoms with Gasteiger partial charge in [-0.25, -0.2) is 8.42 Å². The fourth-order valence-corrected chi connectivity index (χ4v) is 8.34. The number of unbranched alkanes of at least 4 members (excludes halogenated alkanes) is 2. The minimum atomic E-state index is -4.73. The molecular formula is C37H45N3O10S3. The van der Waals surface area contributed by atoms with Gasteiger partial charge in [-0.15, -0.1) is 6.42 Å². The molecule has 2 aliphatic heterocycles. The molecule has 0 fully saturated rings. The largest absolute Gasteiger partial charge is 0.744 e. The molecule has 286 valence electrons. The summed E-state index contributed by atoms with van der Waals surface area (Å²) in [5, 5.41) is 2.65. The summed E-state index contributed by atoms with van der Waals surface area (Å²) in [6.45, 7) is 8.59. The zero-order chi connectivity index (χ0) is 39.4. The predicted molar refractivity (Wildman–Crippen MR) is 202 cm³/mol. The number of hydrogen-bond acceptors (Lipinski definition) is 9. The number of anilines is 1. The molecule has 0 atom stereocenters. The number of fused-ring (bicyclic) bond motifs is 2. The first-order valence-corrected chi connectivity index (χ1v) is 21.4. The van der Waals surface area contributed by atoms with Crippen molar-refractivity contribution in [2.24, 2.45) is 0 Å². The van der Waals surface area contributed by atoms with E-state index >= 15 is 0 Å². The normalized spacial score (nSPS) is 17.5. The number of terminal acetylenes is 1. The van der Waals surface area contributed by atoms with Gasteiger partial charge in [-0.05, 0) is 68.7 Å². The molecule has 3 N–H and O–H groups in total. The van der Waals surface area contributed by atoms with Gasteiger partial charge in [-0.1, -0.05) is 44.4 Å². The van der Waals surface area contributed by atoms with Crippen LogP contribution in [0.1, 0.15) is 70.9 Å². The number of rotatable bonds is 16. The second-order valence-corrected chi connectivity index (χ2v) is 18.3. The van der Waals surface area contributed by atoms with Crippen LogP contribution in [0.25, 0.3) is 0 Å². The number of nitrogens with one attached hydrogen (secondary N) is 1. The van der Waals surface area contributed by atoms with Gasteiger partial charge in [0.15, 0.2) is 5.71 Å². The molecule has 2 aliphatic rings. The third-order valence-corrected chi connectivity index (χ3v) is 12.0. The number of carbonyl (C=O) groups excluding carboxylic acids is 1. The van der Waals surface area contributed by atoms with Gasteiger partial charge in [-0.3, -0.25) is 13.9 Å². The monoisotopic (exact) mass is 787 g/mol. The molecule has 16 heteroatoms. The van der Waals surface area contributed by atoms with Crippen LogP contribution < -0.4 is 10.2 Å². The van der Waals surface area contributed by atoms with E-state index in [1.54, 1.807) is 18.2 Å². The highest BCUT2D eigenvalue weighted by molar-refractivity contribution is 7.86. The lowest BCUT2D eigenvalue weighted by molar-refractivity contribution is -0.437. The average Bonchev–Trinajstić information content (AvgIpc) is 3.39. The molecule has 0 aromatic heterocycles. The average molecular weight is 788 g/mol. The third kappa shape index (κ3) is 9.91. The van der Waals surface area contributed by atoms with Crippen LogP contribution in [0.5, 0.6) is 0 Å². The van der Waals surface area contributed by atoms with E-state index in [-0.39, 0.29) is 35.2 Å². The van der Waals surface area contributed by atoms with Crippen molar-refractivity contribution >= 4 is 53.3 Å². The van der Waals surface area contributed by atoms with Crippen molar-refractivity contribution in [2.45, 2.75) is 80.4 Å². The Morgan fingerprint density at radius 1 is 0.906 bits per heavy atom. The van der Waals surface area contributed by atoms with E-state index in [1.165, 1.54) is 30.3 Å². The van der Waals surface area contributed by atoms with E-state index in [9.17, 15) is 43.7 Å². The number of nitrogens with zero attached hydrogens (tertiary/aromatic N) is 2. The lowest BCUT2D eigenvalue weighted by Gasteiger charge is -2.27. The highest BCUT2D eigenvalue weighted by Crippen LogP contribution is 2.48. The third-order valence-electron chi connectivity index (χ3n) is 9.50. The van der Waals surface area contributed by atoms with E-state index in [4.69, 9.17) is 6.42 Å². The molecule has 0 radical (unpaired) electrons. The van der Waals surface area contributed by atoms with Crippen molar-refractivity contribution in [3.05, 3.63) is 83.6 Å². The SMILES string of the molecule is C#CCNC(=O)CCCCCN1\C(=C/C=C/C=C/C2=[N+](CCCS(=O)(=O)O)c3ccc(S(=O)(=O)[O-])cc3C2(C)C)C(C)(C)c2cc(S(=O)(=O)O)ccc21. The minimum absolute atomic E-state index is 0.0823. The molecule has 13 nitrogen and oxygen atoms in total. The van der Waals surface area contributed by atoms with Crippen molar-refractivity contribution in [3.8, 4) is 12.3 Å². The zero-order valence-corrected chi connectivity index (χ0v) is 32.5. The number of allylic oxidation sites excluding steroid dienone is 6. The summed E-state index contributed by atoms with van der Waals surface area (Å²) in [6.07, 6.45) is 16.9. The van der Waals surface area contributed by atoms with E-state index < -0.39 is 46.9 Å². The summed E-state index contributed by atoms with van der Waals surface area (Å²) in [5.74, 6) is 1.79. The highest BCUT2D eigenvalue weighted by atomic mass is 32.2. The Labute approximate surface area is 312 Å². The zero-order valence-electron chi connectivity index (χ0n) is 30.1. The number of carbonyl (C=O) groups is 1. The molecule has 0 saturated heterocycles. The van der Waals surface area contributed by atoms with Crippen molar-refractivity contribution in [3.63, 3.8) is 0 Å². The molecular weight excluding hydrogens is 743 g/mol. The van der Waals surface area contributed by atoms with Crippen molar-refractivity contribution in [2.75, 3.05) is 30.3 Å². The van der Waals surface area contributed by atoms with Gasteiger partial charge in [0.05, 0.1) is 27.5 Å². The van der Waals surface area contributed by atoms with Gasteiger partial charge in [0.25, 0.3) is 20.2 Å². The second-order valence-electron chi connectivity index (χ2n) is 14.0. The molecule has 1 amide bonds. The van der Waals surface area contributed by atoms with Gasteiger partial charge >= 0.3 is 0 Å². The van der Waals surface area contributed by atoms with Gasteiger partial charge in [0, 0.05) is 53.9 Å². The van der Waals surface area contributed by atoms with Crippen LogP contribution in [-0.2, 0) is 46.0 Å². The maximum absolute atomic E-state index is 12.0. The first kappa shape index (κ1) is 41.6. The Kier molecular flexibility index (Phi) is 12.6. The summed E-state index contributed by atoms with van der Waals surface area (Å²) in [4.78, 5) is 13.5. The molecule has 53 heavy (non-hydrogen) atoms. The number of hydrogen-bond donors (Lipinski definition) is 3. The Morgan fingerprint density at radius 3 is 2.23 bits per heavy atom. The lowest BCUT2D eigenvalue weighted by Crippen LogP contribution is -2.28. The Morgan fingerprint density at radius 2 is 1.58 bits per heavy atom. The number of benzene rings is 2. The van der Waals surface area contributed by atoms with Crippen molar-refractivity contribution in [1.82, 2.24) is 5.32 Å². The fraction of sp³-hybridized carbons (Fsp3) is 0.405. The predicted octanol–water partition coefficient (Wildman–Crippen LogP) is 4.60. The van der Waals surface area contributed by atoms with Crippen LogP contribution in [0.2, 0.25) is 0 Å². The fourth-order valence-electron chi connectivity index (χ4n) is 6.84. The van der Waals surface area contributed by atoms with E-state index in [2.05, 4.69) is 16.1 Å². The first-order valence-electron chi connectivity index (χ1n) is 16.9. The smallest absolute Gasteiger partial charge is 0.294 e. The maximum Gasteiger partial charge on any atom is 0.294 e. The molecule has 2 heterocycles. The van der Waals surface area contributed by atoms with E-state index in [1.807, 2.05) is 50.5 Å². The van der Waals surface area contributed by atoms with Crippen LogP contribution in [0.3, 0.4) is 0 Å². The molecule has 0 aliphatic carbocycles. The van der Waals surface area contributed by atoms with Gasteiger partial charge < -0.3 is 14.8 Å². The summed E-state index contributed by atoms with van der Waals surface area (Å²) >= 11 is 0. The Bertz CT molecular complexity index is 2260. The quantitative estimate of drug-likeness (QED) is 0.0706. The number of amides is 1. The van der Waals surface area contributed by atoms with Crippen molar-refractivity contribution in [1.29, 1.82) is 0 Å². The van der Waals surface area contributed by atoms with E-state index in [0.29, 0.717) is 36.3 Å². The van der Waals surface area contributed by atoms with Crippen molar-refractivity contribution < 1.29 is 48.3 Å². The van der Waals surface area contributed by atoms with Crippen LogP contribution in [0.4, 0.5) is 11.4 Å². The molecule has 0 saturated carbocycles. The molecule has 0 spiro atoms. The highest BCUT2D eigenvalue weighted by Gasteiger charge is 2.45. The standard InChI is InChI=1S/C37H45N3O10S3/c1-6-21-38-35(41)16-11-8-12-22-39-31-19-17-27(52(45,46)47)25-29(31)36(2,3)33(39)14-9-7-10-15-34-37(4,5)30-26-28(53(48,49)50)18-20-32(30)40(34)23-13-24-51(42,43)44/h1,7,9-10,14-15,17-20,25-26H,8,11-13,16,21-24H2,2-5H3,(H3-,38,41,42,43,44,45,46,47,48,49,50). The molecule has 0 bridgehead atoms. The van der Waals surface area contributed by atoms with Gasteiger partial charge in [0.2, 0.25) is 11.6 Å². The second kappa shape index (κ2) is 16.1.